The van der Waals surface area contributed by atoms with E-state index >= 15 is 0 Å². The Kier molecular flexibility index (Phi) is 4.31. The number of hydrogen-bond donors (Lipinski definition) is 2. The molecule has 1 aromatic heterocycles. The van der Waals surface area contributed by atoms with Crippen LogP contribution in [0.3, 0.4) is 0 Å². The average molecular weight is 239 g/mol. The number of carboxylic acids is 1. The van der Waals surface area contributed by atoms with E-state index in [-0.39, 0.29) is 5.92 Å². The molecule has 1 heterocycles. The van der Waals surface area contributed by atoms with Crippen LogP contribution in [0.5, 0.6) is 0 Å². The number of furan rings is 1. The van der Waals surface area contributed by atoms with E-state index in [1.807, 2.05) is 13.8 Å². The van der Waals surface area contributed by atoms with Crippen molar-refractivity contribution in [2.45, 2.75) is 33.2 Å². The number of amides is 1. The van der Waals surface area contributed by atoms with Crippen LogP contribution < -0.4 is 5.32 Å². The van der Waals surface area contributed by atoms with E-state index in [0.29, 0.717) is 17.7 Å². The molecule has 0 radical (unpaired) electrons. The van der Waals surface area contributed by atoms with E-state index in [9.17, 15) is 9.59 Å². The maximum atomic E-state index is 11.7. The van der Waals surface area contributed by atoms with Crippen molar-refractivity contribution >= 4 is 11.9 Å². The van der Waals surface area contributed by atoms with Crippen LogP contribution in [0, 0.1) is 12.8 Å². The molecule has 0 spiro atoms. The molecule has 94 valence electrons. The highest BCUT2D eigenvalue weighted by molar-refractivity contribution is 5.96. The van der Waals surface area contributed by atoms with E-state index in [1.54, 1.807) is 13.0 Å². The molecule has 0 bridgehead atoms. The first kappa shape index (κ1) is 13.3. The number of carboxylic acid groups (broad SMARTS) is 1. The fourth-order valence-electron chi connectivity index (χ4n) is 1.50. The molecule has 0 fully saturated rings. The highest BCUT2D eigenvalue weighted by Crippen LogP contribution is 2.09. The summed E-state index contributed by atoms with van der Waals surface area (Å²) in [6.07, 6.45) is 1.72. The molecule has 0 unspecified atom stereocenters. The monoisotopic (exact) mass is 239 g/mol. The second kappa shape index (κ2) is 5.52. The number of carbonyl (C=O) groups excluding carboxylic acids is 1. The Labute approximate surface area is 99.8 Å². The molecule has 0 saturated heterocycles. The SMILES string of the molecule is Cc1cc(C(=O)N[C@@H](CC(C)C)C(=O)O)co1. The molecule has 17 heavy (non-hydrogen) atoms. The van der Waals surface area contributed by atoms with Gasteiger partial charge in [0.1, 0.15) is 18.1 Å². The average Bonchev–Trinajstić information content (AvgIpc) is 2.63. The standard InChI is InChI=1S/C12H17NO4/c1-7(2)4-10(12(15)16)13-11(14)9-5-8(3)17-6-9/h5-7,10H,4H2,1-3H3,(H,13,14)(H,15,16)/t10-/m0/s1. The fourth-order valence-corrected chi connectivity index (χ4v) is 1.50. The first-order chi connectivity index (χ1) is 7.90. The number of aliphatic carboxylic acids is 1. The second-order valence-corrected chi connectivity index (χ2v) is 4.44. The molecule has 0 aliphatic heterocycles. The Balaban J connectivity index is 2.67. The van der Waals surface area contributed by atoms with E-state index in [0.717, 1.165) is 0 Å². The van der Waals surface area contributed by atoms with Crippen molar-refractivity contribution in [3.05, 3.63) is 23.7 Å². The first-order valence-electron chi connectivity index (χ1n) is 5.49. The summed E-state index contributed by atoms with van der Waals surface area (Å²) in [6, 6.07) is 0.710. The van der Waals surface area contributed by atoms with Crippen LogP contribution in [-0.4, -0.2) is 23.0 Å². The molecule has 2 N–H and O–H groups in total. The summed E-state index contributed by atoms with van der Waals surface area (Å²) < 4.78 is 5.00. The number of hydrogen-bond acceptors (Lipinski definition) is 3. The van der Waals surface area contributed by atoms with Crippen molar-refractivity contribution in [3.63, 3.8) is 0 Å². The van der Waals surface area contributed by atoms with Crippen LogP contribution in [-0.2, 0) is 4.79 Å². The van der Waals surface area contributed by atoms with Gasteiger partial charge in [0.05, 0.1) is 5.56 Å². The minimum Gasteiger partial charge on any atom is -0.480 e. The van der Waals surface area contributed by atoms with Crippen molar-refractivity contribution in [1.82, 2.24) is 5.32 Å². The maximum absolute atomic E-state index is 11.7. The van der Waals surface area contributed by atoms with Gasteiger partial charge in [-0.05, 0) is 25.3 Å². The summed E-state index contributed by atoms with van der Waals surface area (Å²) in [7, 11) is 0. The molecular weight excluding hydrogens is 222 g/mol. The Morgan fingerprint density at radius 3 is 2.53 bits per heavy atom. The lowest BCUT2D eigenvalue weighted by Crippen LogP contribution is -2.41. The highest BCUT2D eigenvalue weighted by atomic mass is 16.4. The minimum atomic E-state index is -1.02. The number of nitrogens with one attached hydrogen (secondary N) is 1. The summed E-state index contributed by atoms with van der Waals surface area (Å²) in [4.78, 5) is 22.7. The number of carbonyl (C=O) groups is 2. The first-order valence-corrected chi connectivity index (χ1v) is 5.49. The summed E-state index contributed by atoms with van der Waals surface area (Å²) in [5.41, 5.74) is 0.345. The molecule has 1 rings (SSSR count). The highest BCUT2D eigenvalue weighted by Gasteiger charge is 2.22. The van der Waals surface area contributed by atoms with Crippen LogP contribution in [0.25, 0.3) is 0 Å². The van der Waals surface area contributed by atoms with Gasteiger partial charge in [0.2, 0.25) is 0 Å². The molecule has 1 aromatic rings. The Morgan fingerprint density at radius 1 is 1.47 bits per heavy atom. The zero-order valence-electron chi connectivity index (χ0n) is 10.2. The molecule has 0 saturated carbocycles. The van der Waals surface area contributed by atoms with Crippen LogP contribution in [0.1, 0.15) is 36.4 Å². The number of rotatable bonds is 5. The van der Waals surface area contributed by atoms with E-state index in [2.05, 4.69) is 5.32 Å². The lowest BCUT2D eigenvalue weighted by molar-refractivity contribution is -0.139. The lowest BCUT2D eigenvalue weighted by Gasteiger charge is -2.15. The van der Waals surface area contributed by atoms with Crippen molar-refractivity contribution in [1.29, 1.82) is 0 Å². The minimum absolute atomic E-state index is 0.197. The van der Waals surface area contributed by atoms with Crippen LogP contribution in [0.2, 0.25) is 0 Å². The normalized spacial score (nSPS) is 12.5. The van der Waals surface area contributed by atoms with Gasteiger partial charge in [0, 0.05) is 0 Å². The fraction of sp³-hybridized carbons (Fsp3) is 0.500. The molecule has 1 amide bonds. The van der Waals surface area contributed by atoms with Gasteiger partial charge in [-0.15, -0.1) is 0 Å². The third-order valence-corrected chi connectivity index (χ3v) is 2.30. The largest absolute Gasteiger partial charge is 0.480 e. The van der Waals surface area contributed by atoms with Gasteiger partial charge in [-0.3, -0.25) is 4.79 Å². The van der Waals surface area contributed by atoms with Gasteiger partial charge in [0.25, 0.3) is 5.91 Å². The quantitative estimate of drug-likeness (QED) is 0.821. The summed E-state index contributed by atoms with van der Waals surface area (Å²) in [6.45, 7) is 5.54. The second-order valence-electron chi connectivity index (χ2n) is 4.44. The molecule has 0 aromatic carbocycles. The van der Waals surface area contributed by atoms with Gasteiger partial charge in [-0.25, -0.2) is 4.79 Å². The van der Waals surface area contributed by atoms with Gasteiger partial charge in [-0.2, -0.15) is 0 Å². The Bertz CT molecular complexity index is 408. The van der Waals surface area contributed by atoms with Crippen molar-refractivity contribution < 1.29 is 19.1 Å². The Morgan fingerprint density at radius 2 is 2.12 bits per heavy atom. The van der Waals surface area contributed by atoms with E-state index < -0.39 is 17.9 Å². The molecule has 5 heteroatoms. The van der Waals surface area contributed by atoms with Crippen LogP contribution in [0.15, 0.2) is 16.7 Å². The zero-order valence-corrected chi connectivity index (χ0v) is 10.2. The van der Waals surface area contributed by atoms with Crippen molar-refractivity contribution in [3.8, 4) is 0 Å². The lowest BCUT2D eigenvalue weighted by atomic mass is 10.0. The summed E-state index contributed by atoms with van der Waals surface area (Å²) >= 11 is 0. The summed E-state index contributed by atoms with van der Waals surface area (Å²) in [5.74, 6) is -0.629. The molecule has 0 aliphatic carbocycles. The van der Waals surface area contributed by atoms with E-state index in [1.165, 1.54) is 6.26 Å². The molecule has 0 aliphatic rings. The molecule has 1 atom stereocenters. The van der Waals surface area contributed by atoms with Gasteiger partial charge < -0.3 is 14.8 Å². The predicted molar refractivity (Wildman–Crippen MR) is 61.8 cm³/mol. The molecule has 5 nitrogen and oxygen atoms in total. The topological polar surface area (TPSA) is 79.5 Å². The third-order valence-electron chi connectivity index (χ3n) is 2.30. The van der Waals surface area contributed by atoms with Crippen molar-refractivity contribution in [2.75, 3.05) is 0 Å². The maximum Gasteiger partial charge on any atom is 0.326 e. The van der Waals surface area contributed by atoms with Gasteiger partial charge in [0.15, 0.2) is 0 Å². The third kappa shape index (κ3) is 3.94. The Hall–Kier alpha value is -1.78. The predicted octanol–water partition coefficient (Wildman–Crippen LogP) is 1.82. The number of aryl methyl sites for hydroxylation is 1. The van der Waals surface area contributed by atoms with Crippen molar-refractivity contribution in [2.24, 2.45) is 5.92 Å². The van der Waals surface area contributed by atoms with Crippen LogP contribution in [0.4, 0.5) is 0 Å². The zero-order chi connectivity index (χ0) is 13.0. The van der Waals surface area contributed by atoms with Gasteiger partial charge in [-0.1, -0.05) is 13.8 Å². The summed E-state index contributed by atoms with van der Waals surface area (Å²) in [5, 5.41) is 11.5. The van der Waals surface area contributed by atoms with E-state index in [4.69, 9.17) is 9.52 Å². The van der Waals surface area contributed by atoms with Crippen LogP contribution >= 0.6 is 0 Å². The smallest absolute Gasteiger partial charge is 0.326 e. The van der Waals surface area contributed by atoms with Gasteiger partial charge >= 0.3 is 5.97 Å². The molecular formula is C12H17NO4.